The van der Waals surface area contributed by atoms with E-state index in [1.54, 1.807) is 17.2 Å². The van der Waals surface area contributed by atoms with Gasteiger partial charge in [-0.3, -0.25) is 4.79 Å². The molecular weight excluding hydrogens is 349 g/mol. The monoisotopic (exact) mass is 365 g/mol. The zero-order valence-electron chi connectivity index (χ0n) is 14.4. The second kappa shape index (κ2) is 7.03. The van der Waals surface area contributed by atoms with Crippen LogP contribution < -0.4 is 0 Å². The number of nitrogens with zero attached hydrogens (tertiary/aromatic N) is 4. The second-order valence-electron chi connectivity index (χ2n) is 6.47. The number of nitriles is 1. The van der Waals surface area contributed by atoms with Crippen LogP contribution in [-0.4, -0.2) is 39.0 Å². The van der Waals surface area contributed by atoms with E-state index in [9.17, 15) is 9.18 Å². The Hall–Kier alpha value is -3.47. The molecule has 3 aromatic rings. The van der Waals surface area contributed by atoms with Crippen molar-refractivity contribution in [2.24, 2.45) is 0 Å². The van der Waals surface area contributed by atoms with Gasteiger partial charge in [0.2, 0.25) is 0 Å². The predicted molar refractivity (Wildman–Crippen MR) is 93.1 cm³/mol. The molecule has 1 aliphatic rings. The van der Waals surface area contributed by atoms with Crippen molar-refractivity contribution in [2.75, 3.05) is 13.1 Å². The molecule has 136 valence electrons. The number of amides is 1. The Morgan fingerprint density at radius 2 is 2.19 bits per heavy atom. The number of H-pyrrole nitrogens is 1. The lowest BCUT2D eigenvalue weighted by atomic mass is 9.96. The Morgan fingerprint density at radius 3 is 2.93 bits per heavy atom. The number of likely N-dealkylation sites (tertiary alicyclic amines) is 1. The molecule has 0 radical (unpaired) electrons. The summed E-state index contributed by atoms with van der Waals surface area (Å²) in [5.41, 5.74) is 1.53. The van der Waals surface area contributed by atoms with Crippen molar-refractivity contribution in [3.8, 4) is 17.7 Å². The summed E-state index contributed by atoms with van der Waals surface area (Å²) in [5, 5.41) is 13.0. The van der Waals surface area contributed by atoms with Gasteiger partial charge in [0.05, 0.1) is 5.56 Å². The molecule has 0 spiro atoms. The molecule has 7 nitrogen and oxygen atoms in total. The van der Waals surface area contributed by atoms with Crippen LogP contribution in [0.3, 0.4) is 0 Å². The number of aromatic nitrogens is 3. The van der Waals surface area contributed by atoms with Crippen molar-refractivity contribution < 1.29 is 13.7 Å². The van der Waals surface area contributed by atoms with E-state index >= 15 is 0 Å². The van der Waals surface area contributed by atoms with Gasteiger partial charge in [-0.2, -0.15) is 10.2 Å². The van der Waals surface area contributed by atoms with Crippen molar-refractivity contribution >= 4 is 5.91 Å². The fourth-order valence-electron chi connectivity index (χ4n) is 3.24. The van der Waals surface area contributed by atoms with Crippen LogP contribution in [-0.2, 0) is 0 Å². The van der Waals surface area contributed by atoms with Crippen LogP contribution in [0.4, 0.5) is 4.39 Å². The zero-order chi connectivity index (χ0) is 18.8. The van der Waals surface area contributed by atoms with Gasteiger partial charge in [-0.05, 0) is 43.2 Å². The number of benzene rings is 1. The number of aromatic amines is 1. The van der Waals surface area contributed by atoms with E-state index in [1.807, 2.05) is 6.07 Å². The van der Waals surface area contributed by atoms with Crippen molar-refractivity contribution in [1.29, 1.82) is 5.26 Å². The first-order valence-electron chi connectivity index (χ1n) is 8.61. The molecule has 8 heteroatoms. The molecule has 0 saturated carbocycles. The van der Waals surface area contributed by atoms with E-state index < -0.39 is 0 Å². The summed E-state index contributed by atoms with van der Waals surface area (Å²) in [7, 11) is 0. The molecule has 1 aromatic carbocycles. The van der Waals surface area contributed by atoms with Crippen LogP contribution in [0.5, 0.6) is 0 Å². The largest absolute Gasteiger partial charge is 0.356 e. The fraction of sp³-hybridized carbons (Fsp3) is 0.263. The van der Waals surface area contributed by atoms with Crippen molar-refractivity contribution in [3.05, 3.63) is 59.3 Å². The third-order valence-corrected chi connectivity index (χ3v) is 4.65. The van der Waals surface area contributed by atoms with Crippen LogP contribution >= 0.6 is 0 Å². The number of piperidine rings is 1. The van der Waals surface area contributed by atoms with E-state index in [4.69, 9.17) is 9.78 Å². The summed E-state index contributed by atoms with van der Waals surface area (Å²) in [4.78, 5) is 21.7. The Labute approximate surface area is 154 Å². The van der Waals surface area contributed by atoms with Gasteiger partial charge < -0.3 is 14.4 Å². The van der Waals surface area contributed by atoms with Gasteiger partial charge in [0, 0.05) is 30.8 Å². The number of carbonyl (C=O) groups excluding carboxylic acids is 1. The van der Waals surface area contributed by atoms with Crippen molar-refractivity contribution in [1.82, 2.24) is 20.0 Å². The highest BCUT2D eigenvalue weighted by Crippen LogP contribution is 2.28. The van der Waals surface area contributed by atoms with Gasteiger partial charge in [-0.25, -0.2) is 4.39 Å². The molecule has 1 fully saturated rings. The number of hydrogen-bond acceptors (Lipinski definition) is 5. The lowest BCUT2D eigenvalue weighted by Crippen LogP contribution is -2.39. The van der Waals surface area contributed by atoms with Gasteiger partial charge in [0.1, 0.15) is 17.6 Å². The van der Waals surface area contributed by atoms with Gasteiger partial charge in [0.15, 0.2) is 5.82 Å². The first-order chi connectivity index (χ1) is 13.1. The standard InChI is InChI=1S/C19H16FN5O2/c20-15-5-3-13(4-6-15)19(26)25-7-1-2-14(11-25)17-23-18(27-24-17)16-8-12(9-21)10-22-16/h3-6,8,10,14,22H,1-2,7,11H2/t14-/m0/s1. The highest BCUT2D eigenvalue weighted by Gasteiger charge is 2.29. The summed E-state index contributed by atoms with van der Waals surface area (Å²) < 4.78 is 18.4. The molecule has 1 saturated heterocycles. The topological polar surface area (TPSA) is 98.8 Å². The minimum absolute atomic E-state index is 0.0361. The van der Waals surface area contributed by atoms with Crippen LogP contribution in [0.2, 0.25) is 0 Å². The molecule has 27 heavy (non-hydrogen) atoms. The van der Waals surface area contributed by atoms with E-state index in [-0.39, 0.29) is 17.6 Å². The summed E-state index contributed by atoms with van der Waals surface area (Å²) >= 11 is 0. The predicted octanol–water partition coefficient (Wildman–Crippen LogP) is 3.10. The highest BCUT2D eigenvalue weighted by atomic mass is 19.1. The quantitative estimate of drug-likeness (QED) is 0.769. The average molecular weight is 365 g/mol. The van der Waals surface area contributed by atoms with Gasteiger partial charge in [-0.15, -0.1) is 0 Å². The summed E-state index contributed by atoms with van der Waals surface area (Å²) in [6.45, 7) is 1.11. The molecule has 0 aliphatic carbocycles. The first kappa shape index (κ1) is 17.0. The SMILES string of the molecule is N#Cc1c[nH]c(-c2nc([C@H]3CCCN(C(=O)c4ccc(F)cc4)C3)no2)c1. The van der Waals surface area contributed by atoms with Crippen LogP contribution in [0, 0.1) is 17.1 Å². The lowest BCUT2D eigenvalue weighted by molar-refractivity contribution is 0.0703. The maximum Gasteiger partial charge on any atom is 0.274 e. The number of carbonyl (C=O) groups is 1. The molecule has 0 unspecified atom stereocenters. The fourth-order valence-corrected chi connectivity index (χ4v) is 3.24. The molecule has 1 amide bonds. The third kappa shape index (κ3) is 3.44. The van der Waals surface area contributed by atoms with E-state index in [0.717, 1.165) is 12.8 Å². The second-order valence-corrected chi connectivity index (χ2v) is 6.47. The molecule has 4 rings (SSSR count). The molecule has 1 N–H and O–H groups in total. The van der Waals surface area contributed by atoms with Crippen LogP contribution in [0.25, 0.3) is 11.6 Å². The maximum absolute atomic E-state index is 13.1. The van der Waals surface area contributed by atoms with Gasteiger partial charge in [-0.1, -0.05) is 5.16 Å². The molecule has 1 atom stereocenters. The number of hydrogen-bond donors (Lipinski definition) is 1. The molecule has 2 aromatic heterocycles. The molecule has 0 bridgehead atoms. The Bertz CT molecular complexity index is 1000. The van der Waals surface area contributed by atoms with E-state index in [2.05, 4.69) is 15.1 Å². The number of halogens is 1. The molecule has 1 aliphatic heterocycles. The maximum atomic E-state index is 13.1. The third-order valence-electron chi connectivity index (χ3n) is 4.65. The smallest absolute Gasteiger partial charge is 0.274 e. The normalized spacial score (nSPS) is 16.9. The Morgan fingerprint density at radius 1 is 1.37 bits per heavy atom. The van der Waals surface area contributed by atoms with Gasteiger partial charge in [0.25, 0.3) is 11.8 Å². The Balaban J connectivity index is 1.49. The lowest BCUT2D eigenvalue weighted by Gasteiger charge is -2.31. The van der Waals surface area contributed by atoms with E-state index in [0.29, 0.717) is 41.6 Å². The molecule has 3 heterocycles. The van der Waals surface area contributed by atoms with Crippen LogP contribution in [0.15, 0.2) is 41.1 Å². The Kier molecular flexibility index (Phi) is 4.42. The van der Waals surface area contributed by atoms with Crippen molar-refractivity contribution in [2.45, 2.75) is 18.8 Å². The van der Waals surface area contributed by atoms with Crippen LogP contribution in [0.1, 0.15) is 40.5 Å². The summed E-state index contributed by atoms with van der Waals surface area (Å²) in [5.74, 6) is 0.312. The number of rotatable bonds is 3. The zero-order valence-corrected chi connectivity index (χ0v) is 14.4. The minimum Gasteiger partial charge on any atom is -0.356 e. The molecular formula is C19H16FN5O2. The highest BCUT2D eigenvalue weighted by molar-refractivity contribution is 5.94. The van der Waals surface area contributed by atoms with Crippen molar-refractivity contribution in [3.63, 3.8) is 0 Å². The summed E-state index contributed by atoms with van der Waals surface area (Å²) in [6.07, 6.45) is 3.24. The minimum atomic E-state index is -0.369. The van der Waals surface area contributed by atoms with Gasteiger partial charge >= 0.3 is 0 Å². The average Bonchev–Trinajstić information content (AvgIpc) is 3.37. The number of nitrogens with one attached hydrogen (secondary N) is 1. The first-order valence-corrected chi connectivity index (χ1v) is 8.61. The van der Waals surface area contributed by atoms with E-state index in [1.165, 1.54) is 24.3 Å². The summed E-state index contributed by atoms with van der Waals surface area (Å²) in [6, 6.07) is 9.23.